The fraction of sp³-hybridized carbons (Fsp3) is 0.455. The van der Waals surface area contributed by atoms with Gasteiger partial charge in [-0.15, -0.1) is 0 Å². The Kier molecular flexibility index (Phi) is 2.90. The summed E-state index contributed by atoms with van der Waals surface area (Å²) in [7, 11) is 0. The molecule has 3 N–H and O–H groups in total. The molecule has 0 amide bonds. The van der Waals surface area contributed by atoms with Gasteiger partial charge in [0.25, 0.3) is 0 Å². The summed E-state index contributed by atoms with van der Waals surface area (Å²) in [6, 6.07) is 5.92. The third-order valence-corrected chi connectivity index (χ3v) is 2.80. The van der Waals surface area contributed by atoms with Crippen LogP contribution in [0.1, 0.15) is 11.1 Å². The topological polar surface area (TPSA) is 47.5 Å². The standard InChI is InChI=1S/C11H17N3O/c1-8-3-4-10(7-9(8)2)14(15)11-12-5-6-13-11/h3-4,7,11-13,15H,5-6H2,1-2H3. The molecule has 2 rings (SSSR count). The molecule has 15 heavy (non-hydrogen) atoms. The number of nitrogens with one attached hydrogen (secondary N) is 2. The van der Waals surface area contributed by atoms with Gasteiger partial charge in [-0.05, 0) is 37.1 Å². The van der Waals surface area contributed by atoms with E-state index in [1.807, 2.05) is 25.1 Å². The van der Waals surface area contributed by atoms with Crippen LogP contribution in [0.3, 0.4) is 0 Å². The molecule has 0 spiro atoms. The number of rotatable bonds is 2. The highest BCUT2D eigenvalue weighted by molar-refractivity contribution is 5.49. The maximum absolute atomic E-state index is 9.94. The first kappa shape index (κ1) is 10.4. The van der Waals surface area contributed by atoms with Gasteiger partial charge in [0.1, 0.15) is 0 Å². The zero-order valence-corrected chi connectivity index (χ0v) is 9.12. The third-order valence-electron chi connectivity index (χ3n) is 2.80. The molecule has 0 saturated carbocycles. The van der Waals surface area contributed by atoms with Gasteiger partial charge in [-0.3, -0.25) is 15.8 Å². The van der Waals surface area contributed by atoms with Gasteiger partial charge in [0.15, 0.2) is 6.29 Å². The molecule has 0 aliphatic carbocycles. The van der Waals surface area contributed by atoms with Gasteiger partial charge in [0.2, 0.25) is 0 Å². The second-order valence-corrected chi connectivity index (χ2v) is 3.92. The average molecular weight is 207 g/mol. The second-order valence-electron chi connectivity index (χ2n) is 3.92. The van der Waals surface area contributed by atoms with Crippen LogP contribution in [0.2, 0.25) is 0 Å². The summed E-state index contributed by atoms with van der Waals surface area (Å²) in [5.74, 6) is 0. The van der Waals surface area contributed by atoms with E-state index in [9.17, 15) is 5.21 Å². The van der Waals surface area contributed by atoms with Crippen LogP contribution in [0.5, 0.6) is 0 Å². The van der Waals surface area contributed by atoms with E-state index in [2.05, 4.69) is 17.6 Å². The normalized spacial score (nSPS) is 17.0. The fourth-order valence-electron chi connectivity index (χ4n) is 1.68. The summed E-state index contributed by atoms with van der Waals surface area (Å²) >= 11 is 0. The van der Waals surface area contributed by atoms with Gasteiger partial charge in [0, 0.05) is 13.1 Å². The first-order chi connectivity index (χ1) is 7.18. The largest absolute Gasteiger partial charge is 0.286 e. The van der Waals surface area contributed by atoms with Crippen LogP contribution in [0.25, 0.3) is 0 Å². The fourth-order valence-corrected chi connectivity index (χ4v) is 1.68. The molecule has 82 valence electrons. The van der Waals surface area contributed by atoms with E-state index in [-0.39, 0.29) is 6.29 Å². The van der Waals surface area contributed by atoms with Crippen molar-refractivity contribution in [3.8, 4) is 0 Å². The van der Waals surface area contributed by atoms with Gasteiger partial charge in [-0.25, -0.2) is 5.06 Å². The molecule has 0 unspecified atom stereocenters. The molecular weight excluding hydrogens is 190 g/mol. The smallest absolute Gasteiger partial charge is 0.159 e. The van der Waals surface area contributed by atoms with Crippen molar-refractivity contribution < 1.29 is 5.21 Å². The van der Waals surface area contributed by atoms with Crippen molar-refractivity contribution in [2.45, 2.75) is 20.1 Å². The van der Waals surface area contributed by atoms with Gasteiger partial charge < -0.3 is 0 Å². The summed E-state index contributed by atoms with van der Waals surface area (Å²) in [6.07, 6.45) is -0.174. The van der Waals surface area contributed by atoms with Gasteiger partial charge in [0.05, 0.1) is 5.69 Å². The molecule has 4 nitrogen and oxygen atoms in total. The van der Waals surface area contributed by atoms with Crippen molar-refractivity contribution in [2.75, 3.05) is 18.2 Å². The van der Waals surface area contributed by atoms with Crippen molar-refractivity contribution in [2.24, 2.45) is 0 Å². The molecule has 1 aromatic rings. The van der Waals surface area contributed by atoms with E-state index in [0.29, 0.717) is 0 Å². The molecule has 1 aliphatic heterocycles. The van der Waals surface area contributed by atoms with E-state index in [1.54, 1.807) is 0 Å². The lowest BCUT2D eigenvalue weighted by Crippen LogP contribution is -2.47. The third kappa shape index (κ3) is 2.12. The minimum absolute atomic E-state index is 0.174. The number of aryl methyl sites for hydroxylation is 2. The van der Waals surface area contributed by atoms with Crippen LogP contribution >= 0.6 is 0 Å². The molecule has 0 aromatic heterocycles. The Bertz CT molecular complexity index is 348. The number of hydrogen-bond donors (Lipinski definition) is 3. The Balaban J connectivity index is 2.17. The molecular formula is C11H17N3O. The van der Waals surface area contributed by atoms with E-state index >= 15 is 0 Å². The lowest BCUT2D eigenvalue weighted by molar-refractivity contribution is 0.196. The summed E-state index contributed by atoms with van der Waals surface area (Å²) in [6.45, 7) is 5.87. The summed E-state index contributed by atoms with van der Waals surface area (Å²) < 4.78 is 0. The maximum atomic E-state index is 9.94. The molecule has 0 bridgehead atoms. The first-order valence-corrected chi connectivity index (χ1v) is 5.20. The molecule has 1 aliphatic rings. The number of hydrogen-bond acceptors (Lipinski definition) is 4. The molecule has 1 fully saturated rings. The second kappa shape index (κ2) is 4.18. The van der Waals surface area contributed by atoms with E-state index in [0.717, 1.165) is 18.8 Å². The molecule has 1 saturated heterocycles. The van der Waals surface area contributed by atoms with Crippen LogP contribution in [0.4, 0.5) is 5.69 Å². The minimum atomic E-state index is -0.174. The maximum Gasteiger partial charge on any atom is 0.159 e. The lowest BCUT2D eigenvalue weighted by atomic mass is 10.1. The predicted molar refractivity (Wildman–Crippen MR) is 60.0 cm³/mol. The van der Waals surface area contributed by atoms with Crippen molar-refractivity contribution >= 4 is 5.69 Å². The van der Waals surface area contributed by atoms with Crippen molar-refractivity contribution in [1.82, 2.24) is 10.6 Å². The minimum Gasteiger partial charge on any atom is -0.286 e. The Morgan fingerprint density at radius 1 is 1.20 bits per heavy atom. The predicted octanol–water partition coefficient (Wildman–Crippen LogP) is 0.975. The van der Waals surface area contributed by atoms with Crippen molar-refractivity contribution in [1.29, 1.82) is 0 Å². The van der Waals surface area contributed by atoms with Gasteiger partial charge in [-0.2, -0.15) is 0 Å². The van der Waals surface area contributed by atoms with E-state index < -0.39 is 0 Å². The Morgan fingerprint density at radius 2 is 1.87 bits per heavy atom. The van der Waals surface area contributed by atoms with Crippen LogP contribution in [-0.2, 0) is 0 Å². The van der Waals surface area contributed by atoms with Crippen LogP contribution in [0.15, 0.2) is 18.2 Å². The zero-order chi connectivity index (χ0) is 10.8. The molecule has 1 aromatic carbocycles. The summed E-state index contributed by atoms with van der Waals surface area (Å²) in [4.78, 5) is 0. The first-order valence-electron chi connectivity index (χ1n) is 5.20. The average Bonchev–Trinajstić information content (AvgIpc) is 2.74. The Morgan fingerprint density at radius 3 is 2.47 bits per heavy atom. The van der Waals surface area contributed by atoms with Crippen LogP contribution < -0.4 is 15.7 Å². The monoisotopic (exact) mass is 207 g/mol. The van der Waals surface area contributed by atoms with E-state index in [4.69, 9.17) is 0 Å². The highest BCUT2D eigenvalue weighted by Crippen LogP contribution is 2.18. The number of nitrogens with zero attached hydrogens (tertiary/aromatic N) is 1. The van der Waals surface area contributed by atoms with Crippen molar-refractivity contribution in [3.05, 3.63) is 29.3 Å². The summed E-state index contributed by atoms with van der Waals surface area (Å²) in [5, 5.41) is 17.5. The van der Waals surface area contributed by atoms with E-state index in [1.165, 1.54) is 16.2 Å². The Labute approximate surface area is 89.9 Å². The number of anilines is 1. The zero-order valence-electron chi connectivity index (χ0n) is 9.12. The van der Waals surface area contributed by atoms with Crippen LogP contribution in [-0.4, -0.2) is 24.6 Å². The number of hydroxylamine groups is 1. The lowest BCUT2D eigenvalue weighted by Gasteiger charge is -2.24. The SMILES string of the molecule is Cc1ccc(N(O)C2NCCN2)cc1C. The quantitative estimate of drug-likeness (QED) is 0.633. The van der Waals surface area contributed by atoms with Crippen LogP contribution in [0, 0.1) is 13.8 Å². The highest BCUT2D eigenvalue weighted by Gasteiger charge is 2.20. The van der Waals surface area contributed by atoms with Gasteiger partial charge in [-0.1, -0.05) is 6.07 Å². The Hall–Kier alpha value is -1.10. The molecule has 1 heterocycles. The summed E-state index contributed by atoms with van der Waals surface area (Å²) in [5.41, 5.74) is 3.23. The molecule has 0 atom stereocenters. The molecule has 0 radical (unpaired) electrons. The highest BCUT2D eigenvalue weighted by atomic mass is 16.5. The van der Waals surface area contributed by atoms with Gasteiger partial charge >= 0.3 is 0 Å². The van der Waals surface area contributed by atoms with Crippen molar-refractivity contribution in [3.63, 3.8) is 0 Å². The molecule has 4 heteroatoms. The number of benzene rings is 1.